The normalized spacial score (nSPS) is 13.3. The van der Waals surface area contributed by atoms with Gasteiger partial charge in [0.1, 0.15) is 6.61 Å². The van der Waals surface area contributed by atoms with Crippen molar-refractivity contribution in [1.82, 2.24) is 10.5 Å². The fraction of sp³-hybridized carbons (Fsp3) is 0.692. The molecule has 1 heterocycles. The van der Waals surface area contributed by atoms with E-state index in [1.807, 2.05) is 20.8 Å². The van der Waals surface area contributed by atoms with E-state index in [0.29, 0.717) is 12.2 Å². The number of aliphatic hydroxyl groups excluding tert-OH is 1. The van der Waals surface area contributed by atoms with Crippen molar-refractivity contribution < 1.29 is 19.2 Å². The molecule has 0 spiro atoms. The molecule has 0 aliphatic heterocycles. The highest BCUT2D eigenvalue weighted by molar-refractivity contribution is 5.92. The summed E-state index contributed by atoms with van der Waals surface area (Å²) in [5.41, 5.74) is 0.207. The van der Waals surface area contributed by atoms with Gasteiger partial charge in [0.15, 0.2) is 11.5 Å². The molecule has 0 aromatic carbocycles. The Balaban J connectivity index is 2.42. The number of nitrogens with zero attached hydrogens (tertiary/aromatic N) is 1. The van der Waals surface area contributed by atoms with E-state index in [4.69, 9.17) is 9.26 Å². The summed E-state index contributed by atoms with van der Waals surface area (Å²) >= 11 is 0. The van der Waals surface area contributed by atoms with E-state index in [1.54, 1.807) is 0 Å². The van der Waals surface area contributed by atoms with E-state index in [-0.39, 0.29) is 30.2 Å². The quantitative estimate of drug-likeness (QED) is 0.815. The van der Waals surface area contributed by atoms with Gasteiger partial charge < -0.3 is 19.7 Å². The zero-order valence-corrected chi connectivity index (χ0v) is 11.9. The molecular formula is C13H22N2O4. The van der Waals surface area contributed by atoms with Crippen molar-refractivity contribution in [2.24, 2.45) is 5.41 Å². The predicted octanol–water partition coefficient (Wildman–Crippen LogP) is 1.35. The van der Waals surface area contributed by atoms with Crippen molar-refractivity contribution in [3.8, 4) is 0 Å². The maximum Gasteiger partial charge on any atom is 0.273 e. The van der Waals surface area contributed by atoms with Crippen molar-refractivity contribution in [3.63, 3.8) is 0 Å². The molecule has 108 valence electrons. The van der Waals surface area contributed by atoms with Gasteiger partial charge in [-0.15, -0.1) is 0 Å². The Bertz CT molecular complexity index is 409. The number of aromatic nitrogens is 1. The van der Waals surface area contributed by atoms with Crippen molar-refractivity contribution in [1.29, 1.82) is 0 Å². The largest absolute Gasteiger partial charge is 0.391 e. The van der Waals surface area contributed by atoms with Crippen LogP contribution in [0.5, 0.6) is 0 Å². The van der Waals surface area contributed by atoms with E-state index in [9.17, 15) is 9.90 Å². The van der Waals surface area contributed by atoms with Crippen LogP contribution in [0.2, 0.25) is 0 Å². The molecule has 0 saturated carbocycles. The molecule has 0 radical (unpaired) electrons. The minimum Gasteiger partial charge on any atom is -0.391 e. The Kier molecular flexibility index (Phi) is 5.50. The van der Waals surface area contributed by atoms with Gasteiger partial charge >= 0.3 is 0 Å². The Morgan fingerprint density at radius 3 is 2.84 bits per heavy atom. The smallest absolute Gasteiger partial charge is 0.273 e. The third-order valence-corrected chi connectivity index (χ3v) is 2.42. The Labute approximate surface area is 113 Å². The number of hydrogen-bond acceptors (Lipinski definition) is 5. The first-order valence-electron chi connectivity index (χ1n) is 6.22. The summed E-state index contributed by atoms with van der Waals surface area (Å²) in [4.78, 5) is 11.7. The molecule has 0 fully saturated rings. The standard InChI is InChI=1S/C13H22N2O4/c1-13(2,3)6-9(16)7-14-12(17)11-5-10(8-18-4)19-15-11/h5,9,16H,6-8H2,1-4H3,(H,14,17). The lowest BCUT2D eigenvalue weighted by atomic mass is 9.89. The Hall–Kier alpha value is -1.40. The minimum absolute atomic E-state index is 0.0175. The van der Waals surface area contributed by atoms with E-state index < -0.39 is 6.10 Å². The van der Waals surface area contributed by atoms with Crippen molar-refractivity contribution in [2.45, 2.75) is 39.9 Å². The lowest BCUT2D eigenvalue weighted by molar-refractivity contribution is 0.0860. The van der Waals surface area contributed by atoms with Crippen molar-refractivity contribution >= 4 is 5.91 Å². The number of carbonyl (C=O) groups is 1. The zero-order valence-electron chi connectivity index (χ0n) is 11.9. The molecule has 0 aliphatic carbocycles. The predicted molar refractivity (Wildman–Crippen MR) is 69.6 cm³/mol. The molecule has 6 nitrogen and oxygen atoms in total. The van der Waals surface area contributed by atoms with Crippen LogP contribution in [0.15, 0.2) is 10.6 Å². The van der Waals surface area contributed by atoms with Crippen LogP contribution in [-0.2, 0) is 11.3 Å². The van der Waals surface area contributed by atoms with Crippen LogP contribution in [-0.4, -0.2) is 35.9 Å². The van der Waals surface area contributed by atoms with E-state index >= 15 is 0 Å². The van der Waals surface area contributed by atoms with Crippen molar-refractivity contribution in [2.75, 3.05) is 13.7 Å². The summed E-state index contributed by atoms with van der Waals surface area (Å²) in [7, 11) is 1.53. The van der Waals surface area contributed by atoms with Gasteiger partial charge in [-0.25, -0.2) is 0 Å². The number of carbonyl (C=O) groups excluding carboxylic acids is 1. The number of rotatable bonds is 6. The fourth-order valence-corrected chi connectivity index (χ4v) is 1.71. The monoisotopic (exact) mass is 270 g/mol. The number of nitrogens with one attached hydrogen (secondary N) is 1. The highest BCUT2D eigenvalue weighted by Crippen LogP contribution is 2.20. The topological polar surface area (TPSA) is 84.6 Å². The molecule has 1 atom stereocenters. The second kappa shape index (κ2) is 6.68. The van der Waals surface area contributed by atoms with Gasteiger partial charge in [0, 0.05) is 19.7 Å². The van der Waals surface area contributed by atoms with Crippen molar-refractivity contribution in [3.05, 3.63) is 17.5 Å². The third-order valence-electron chi connectivity index (χ3n) is 2.42. The SMILES string of the molecule is COCc1cc(C(=O)NCC(O)CC(C)(C)C)no1. The molecule has 19 heavy (non-hydrogen) atoms. The van der Waals surface area contributed by atoms with Gasteiger partial charge in [-0.2, -0.15) is 0 Å². The molecule has 1 amide bonds. The zero-order chi connectivity index (χ0) is 14.5. The maximum atomic E-state index is 11.7. The van der Waals surface area contributed by atoms with Gasteiger partial charge in [0.25, 0.3) is 5.91 Å². The molecular weight excluding hydrogens is 248 g/mol. The van der Waals surface area contributed by atoms with Crippen LogP contribution in [0.1, 0.15) is 43.4 Å². The third kappa shape index (κ3) is 5.85. The van der Waals surface area contributed by atoms with Gasteiger partial charge in [-0.3, -0.25) is 4.79 Å². The molecule has 1 aromatic heterocycles. The van der Waals surface area contributed by atoms with Crippen LogP contribution < -0.4 is 5.32 Å². The highest BCUT2D eigenvalue weighted by atomic mass is 16.5. The maximum absolute atomic E-state index is 11.7. The van der Waals surface area contributed by atoms with Gasteiger partial charge in [0.2, 0.25) is 0 Å². The minimum atomic E-state index is -0.575. The average Bonchev–Trinajstić information content (AvgIpc) is 2.73. The second-order valence-corrected chi connectivity index (χ2v) is 5.74. The lowest BCUT2D eigenvalue weighted by Crippen LogP contribution is -2.34. The highest BCUT2D eigenvalue weighted by Gasteiger charge is 2.18. The average molecular weight is 270 g/mol. The number of amides is 1. The summed E-state index contributed by atoms with van der Waals surface area (Å²) in [6.45, 7) is 6.57. The molecule has 0 saturated heterocycles. The molecule has 0 bridgehead atoms. The van der Waals surface area contributed by atoms with Gasteiger partial charge in [-0.05, 0) is 11.8 Å². The molecule has 2 N–H and O–H groups in total. The number of methoxy groups -OCH3 is 1. The molecule has 1 unspecified atom stereocenters. The number of ether oxygens (including phenoxy) is 1. The Morgan fingerprint density at radius 1 is 1.58 bits per heavy atom. The van der Waals surface area contributed by atoms with Crippen LogP contribution in [0.4, 0.5) is 0 Å². The molecule has 1 aromatic rings. The molecule has 0 aliphatic rings. The van der Waals surface area contributed by atoms with Gasteiger partial charge in [-0.1, -0.05) is 25.9 Å². The van der Waals surface area contributed by atoms with Gasteiger partial charge in [0.05, 0.1) is 6.10 Å². The molecule has 6 heteroatoms. The van der Waals surface area contributed by atoms with E-state index in [2.05, 4.69) is 10.5 Å². The first-order valence-corrected chi connectivity index (χ1v) is 6.22. The van der Waals surface area contributed by atoms with E-state index in [0.717, 1.165) is 0 Å². The first kappa shape index (κ1) is 15.7. The fourth-order valence-electron chi connectivity index (χ4n) is 1.71. The second-order valence-electron chi connectivity index (χ2n) is 5.74. The summed E-state index contributed by atoms with van der Waals surface area (Å²) in [6, 6.07) is 1.52. The number of hydrogen-bond donors (Lipinski definition) is 2. The van der Waals surface area contributed by atoms with Crippen LogP contribution in [0.3, 0.4) is 0 Å². The van der Waals surface area contributed by atoms with Crippen LogP contribution in [0.25, 0.3) is 0 Å². The van der Waals surface area contributed by atoms with Crippen LogP contribution >= 0.6 is 0 Å². The summed E-state index contributed by atoms with van der Waals surface area (Å²) < 4.78 is 9.78. The number of aliphatic hydroxyl groups is 1. The molecule has 1 rings (SSSR count). The first-order chi connectivity index (χ1) is 8.81. The summed E-state index contributed by atoms with van der Waals surface area (Å²) in [5.74, 6) is 0.127. The van der Waals surface area contributed by atoms with Crippen LogP contribution in [0, 0.1) is 5.41 Å². The lowest BCUT2D eigenvalue weighted by Gasteiger charge is -2.22. The summed E-state index contributed by atoms with van der Waals surface area (Å²) in [5, 5.41) is 16.1. The summed E-state index contributed by atoms with van der Waals surface area (Å²) in [6.07, 6.45) is 0.0374. The Morgan fingerprint density at radius 2 is 2.26 bits per heavy atom. The van der Waals surface area contributed by atoms with E-state index in [1.165, 1.54) is 13.2 Å².